The first-order chi connectivity index (χ1) is 10.8. The Balaban J connectivity index is 1.57. The molecule has 0 aromatic carbocycles. The fourth-order valence-electron chi connectivity index (χ4n) is 2.70. The second kappa shape index (κ2) is 6.55. The van der Waals surface area contributed by atoms with Crippen molar-refractivity contribution in [1.82, 2.24) is 25.3 Å². The largest absolute Gasteiger partial charge is 0.363 e. The van der Waals surface area contributed by atoms with Gasteiger partial charge >= 0.3 is 0 Å². The summed E-state index contributed by atoms with van der Waals surface area (Å²) in [5.74, 6) is 0.387. The molecule has 1 fully saturated rings. The van der Waals surface area contributed by atoms with Gasteiger partial charge in [-0.3, -0.25) is 9.48 Å². The first-order valence-electron chi connectivity index (χ1n) is 7.60. The van der Waals surface area contributed by atoms with Crippen LogP contribution < -0.4 is 10.6 Å². The van der Waals surface area contributed by atoms with Gasteiger partial charge in [-0.2, -0.15) is 5.10 Å². The van der Waals surface area contributed by atoms with E-state index in [-0.39, 0.29) is 5.91 Å². The van der Waals surface area contributed by atoms with E-state index in [1.807, 2.05) is 12.3 Å². The molecule has 2 N–H and O–H groups in total. The number of carbonyl (C=O) groups is 1. The van der Waals surface area contributed by atoms with Gasteiger partial charge in [0.1, 0.15) is 5.82 Å². The van der Waals surface area contributed by atoms with Crippen LogP contribution in [0.25, 0.3) is 0 Å². The van der Waals surface area contributed by atoms with E-state index in [2.05, 4.69) is 30.6 Å². The lowest BCUT2D eigenvalue weighted by molar-refractivity contribution is 0.0957. The number of anilines is 1. The first-order valence-corrected chi connectivity index (χ1v) is 7.60. The zero-order valence-electron chi connectivity index (χ0n) is 12.6. The average Bonchev–Trinajstić information content (AvgIpc) is 3.23. The van der Waals surface area contributed by atoms with Crippen LogP contribution in [0.1, 0.15) is 47.9 Å². The normalized spacial score (nSPS) is 15.0. The molecule has 7 heteroatoms. The molecule has 0 saturated heterocycles. The zero-order chi connectivity index (χ0) is 15.4. The van der Waals surface area contributed by atoms with E-state index in [0.717, 1.165) is 5.69 Å². The predicted octanol–water partition coefficient (Wildman–Crippen LogP) is 1.76. The van der Waals surface area contributed by atoms with E-state index in [4.69, 9.17) is 0 Å². The highest BCUT2D eigenvalue weighted by Crippen LogP contribution is 2.28. The van der Waals surface area contributed by atoms with Crippen LogP contribution in [0, 0.1) is 0 Å². The Hall–Kier alpha value is -2.44. The third kappa shape index (κ3) is 3.24. The van der Waals surface area contributed by atoms with Crippen molar-refractivity contribution in [2.75, 3.05) is 12.4 Å². The van der Waals surface area contributed by atoms with Crippen molar-refractivity contribution in [3.63, 3.8) is 0 Å². The second-order valence-electron chi connectivity index (χ2n) is 5.46. The molecule has 0 radical (unpaired) electrons. The number of amides is 1. The van der Waals surface area contributed by atoms with E-state index in [9.17, 15) is 4.79 Å². The number of hydrogen-bond acceptors (Lipinski definition) is 5. The summed E-state index contributed by atoms with van der Waals surface area (Å²) in [6, 6.07) is 5.97. The van der Waals surface area contributed by atoms with Gasteiger partial charge in [-0.1, -0.05) is 12.8 Å². The zero-order valence-corrected chi connectivity index (χ0v) is 12.6. The maximum absolute atomic E-state index is 11.4. The van der Waals surface area contributed by atoms with Gasteiger partial charge in [0.2, 0.25) is 0 Å². The lowest BCUT2D eigenvalue weighted by Gasteiger charge is -2.09. The van der Waals surface area contributed by atoms with Crippen LogP contribution in [0.2, 0.25) is 0 Å². The fourth-order valence-corrected chi connectivity index (χ4v) is 2.70. The molecule has 0 aliphatic heterocycles. The third-order valence-electron chi connectivity index (χ3n) is 3.94. The van der Waals surface area contributed by atoms with E-state index in [1.54, 1.807) is 19.2 Å². The van der Waals surface area contributed by atoms with Crippen molar-refractivity contribution < 1.29 is 4.79 Å². The molecule has 2 aromatic rings. The summed E-state index contributed by atoms with van der Waals surface area (Å²) in [6.07, 6.45) is 7.09. The maximum atomic E-state index is 11.4. The minimum Gasteiger partial charge on any atom is -0.363 e. The molecule has 2 heterocycles. The van der Waals surface area contributed by atoms with Crippen LogP contribution in [0.15, 0.2) is 24.4 Å². The summed E-state index contributed by atoms with van der Waals surface area (Å²) < 4.78 is 2.07. The van der Waals surface area contributed by atoms with Crippen LogP contribution in [0.5, 0.6) is 0 Å². The highest BCUT2D eigenvalue weighted by molar-refractivity contribution is 5.91. The molecule has 0 bridgehead atoms. The number of rotatable bonds is 5. The molecule has 0 spiro atoms. The van der Waals surface area contributed by atoms with Crippen molar-refractivity contribution in [2.45, 2.75) is 38.3 Å². The second-order valence-corrected chi connectivity index (χ2v) is 5.46. The number of hydrogen-bond donors (Lipinski definition) is 2. The minimum atomic E-state index is -0.241. The molecule has 1 aliphatic rings. The number of nitrogens with zero attached hydrogens (tertiary/aromatic N) is 4. The van der Waals surface area contributed by atoms with Crippen molar-refractivity contribution in [2.24, 2.45) is 0 Å². The summed E-state index contributed by atoms with van der Waals surface area (Å²) >= 11 is 0. The van der Waals surface area contributed by atoms with Gasteiger partial charge in [-0.25, -0.2) is 0 Å². The Kier molecular flexibility index (Phi) is 4.32. The van der Waals surface area contributed by atoms with E-state index >= 15 is 0 Å². The van der Waals surface area contributed by atoms with Crippen molar-refractivity contribution in [1.29, 1.82) is 0 Å². The standard InChI is InChI=1S/C15H20N6O/c1-16-15(22)13-6-7-14(19-18-13)17-10-11-8-9-21(20-11)12-4-2-3-5-12/h6-9,12H,2-5,10H2,1H3,(H,16,22)(H,17,19). The van der Waals surface area contributed by atoms with Gasteiger partial charge in [0.15, 0.2) is 5.69 Å². The van der Waals surface area contributed by atoms with Crippen LogP contribution in [-0.2, 0) is 6.54 Å². The Morgan fingerprint density at radius 3 is 2.77 bits per heavy atom. The molecule has 0 atom stereocenters. The number of aromatic nitrogens is 4. The SMILES string of the molecule is CNC(=O)c1ccc(NCc2ccn(C3CCCC3)n2)nn1. The van der Waals surface area contributed by atoms with Crippen LogP contribution >= 0.6 is 0 Å². The van der Waals surface area contributed by atoms with Gasteiger partial charge in [0.25, 0.3) is 5.91 Å². The van der Waals surface area contributed by atoms with Crippen LogP contribution in [-0.4, -0.2) is 32.9 Å². The molecule has 3 rings (SSSR count). The Labute approximate surface area is 129 Å². The van der Waals surface area contributed by atoms with Gasteiger partial charge < -0.3 is 10.6 Å². The topological polar surface area (TPSA) is 84.7 Å². The van der Waals surface area contributed by atoms with E-state index in [0.29, 0.717) is 24.1 Å². The summed E-state index contributed by atoms with van der Waals surface area (Å²) in [5.41, 5.74) is 1.28. The summed E-state index contributed by atoms with van der Waals surface area (Å²) in [5, 5.41) is 18.2. The maximum Gasteiger partial charge on any atom is 0.271 e. The fraction of sp³-hybridized carbons (Fsp3) is 0.467. The summed E-state index contributed by atoms with van der Waals surface area (Å²) in [6.45, 7) is 0.591. The monoisotopic (exact) mass is 300 g/mol. The Morgan fingerprint density at radius 1 is 1.27 bits per heavy atom. The van der Waals surface area contributed by atoms with Gasteiger partial charge in [-0.15, -0.1) is 10.2 Å². The summed E-state index contributed by atoms with van der Waals surface area (Å²) in [4.78, 5) is 11.4. The van der Waals surface area contributed by atoms with Crippen LogP contribution in [0.4, 0.5) is 5.82 Å². The molecule has 116 valence electrons. The summed E-state index contributed by atoms with van der Waals surface area (Å²) in [7, 11) is 1.57. The number of nitrogens with one attached hydrogen (secondary N) is 2. The van der Waals surface area contributed by atoms with Crippen molar-refractivity contribution in [3.8, 4) is 0 Å². The van der Waals surface area contributed by atoms with Crippen LogP contribution in [0.3, 0.4) is 0 Å². The first kappa shape index (κ1) is 14.5. The van der Waals surface area contributed by atoms with E-state index < -0.39 is 0 Å². The lowest BCUT2D eigenvalue weighted by atomic mass is 10.3. The Bertz CT molecular complexity index is 630. The molecular weight excluding hydrogens is 280 g/mol. The quantitative estimate of drug-likeness (QED) is 0.879. The van der Waals surface area contributed by atoms with Crippen molar-refractivity contribution in [3.05, 3.63) is 35.8 Å². The number of carbonyl (C=O) groups excluding carboxylic acids is 1. The lowest BCUT2D eigenvalue weighted by Crippen LogP contribution is -2.19. The molecule has 7 nitrogen and oxygen atoms in total. The molecule has 1 saturated carbocycles. The average molecular weight is 300 g/mol. The minimum absolute atomic E-state index is 0.241. The van der Waals surface area contributed by atoms with Crippen molar-refractivity contribution >= 4 is 11.7 Å². The molecule has 2 aromatic heterocycles. The van der Waals surface area contributed by atoms with Gasteiger partial charge in [0.05, 0.1) is 18.3 Å². The van der Waals surface area contributed by atoms with E-state index in [1.165, 1.54) is 25.7 Å². The molecule has 1 amide bonds. The van der Waals surface area contributed by atoms with Gasteiger partial charge in [0, 0.05) is 13.2 Å². The molecular formula is C15H20N6O. The Morgan fingerprint density at radius 2 is 2.09 bits per heavy atom. The van der Waals surface area contributed by atoms with Gasteiger partial charge in [-0.05, 0) is 31.0 Å². The highest BCUT2D eigenvalue weighted by atomic mass is 16.1. The highest BCUT2D eigenvalue weighted by Gasteiger charge is 2.17. The third-order valence-corrected chi connectivity index (χ3v) is 3.94. The molecule has 0 unspecified atom stereocenters. The predicted molar refractivity (Wildman–Crippen MR) is 82.5 cm³/mol. The molecule has 22 heavy (non-hydrogen) atoms. The molecule has 1 aliphatic carbocycles. The smallest absolute Gasteiger partial charge is 0.271 e.